The number of rotatable bonds is 3. The van der Waals surface area contributed by atoms with Crippen LogP contribution in [0.4, 0.5) is 0 Å². The topological polar surface area (TPSA) is 46.6 Å². The summed E-state index contributed by atoms with van der Waals surface area (Å²) < 4.78 is 5.83. The number of fused-ring (bicyclic) bond motifs is 1. The minimum atomic E-state index is -1.34. The molecule has 0 saturated carbocycles. The number of carbonyl (C=O) groups is 2. The van der Waals surface area contributed by atoms with Crippen LogP contribution in [0.25, 0.3) is 0 Å². The molecule has 2 aromatic rings. The molecule has 0 saturated heterocycles. The van der Waals surface area contributed by atoms with E-state index in [-0.39, 0.29) is 31.2 Å². The number of nitrogens with zero attached hydrogens (tertiary/aromatic N) is 1. The van der Waals surface area contributed by atoms with Gasteiger partial charge >= 0.3 is 0 Å². The molecule has 0 radical (unpaired) electrons. The summed E-state index contributed by atoms with van der Waals surface area (Å²) in [4.78, 5) is 26.7. The Morgan fingerprint density at radius 3 is 1.62 bits per heavy atom. The van der Waals surface area contributed by atoms with Gasteiger partial charge in [-0.3, -0.25) is 9.59 Å². The molecule has 3 rings (SSSR count). The molecule has 0 N–H and O–H groups in total. The van der Waals surface area contributed by atoms with Crippen molar-refractivity contribution < 1.29 is 14.3 Å². The predicted molar refractivity (Wildman–Crippen MR) is 103 cm³/mol. The zero-order chi connectivity index (χ0) is 19.4. The average Bonchev–Trinajstić information content (AvgIpc) is 2.84. The zero-order valence-electron chi connectivity index (χ0n) is 13.4. The molecule has 136 valence electrons. The van der Waals surface area contributed by atoms with Crippen LogP contribution in [-0.2, 0) is 0 Å². The minimum absolute atomic E-state index is 0.0866. The van der Waals surface area contributed by atoms with Crippen molar-refractivity contribution >= 4 is 69.8 Å². The highest BCUT2D eigenvalue weighted by Crippen LogP contribution is 2.46. The highest BCUT2D eigenvalue weighted by molar-refractivity contribution is 6.55. The van der Waals surface area contributed by atoms with Crippen LogP contribution >= 0.6 is 58.0 Å². The lowest BCUT2D eigenvalue weighted by atomic mass is 10.1. The van der Waals surface area contributed by atoms with Gasteiger partial charge in [0, 0.05) is 5.02 Å². The van der Waals surface area contributed by atoms with Gasteiger partial charge in [0.2, 0.25) is 0 Å². The van der Waals surface area contributed by atoms with Gasteiger partial charge in [0.05, 0.1) is 31.2 Å². The molecule has 0 aromatic heterocycles. The quantitative estimate of drug-likeness (QED) is 0.308. The van der Waals surface area contributed by atoms with Crippen LogP contribution in [0.3, 0.4) is 0 Å². The van der Waals surface area contributed by atoms with Crippen LogP contribution in [-0.4, -0.2) is 22.4 Å². The fraction of sp³-hybridized carbons (Fsp3) is 0.176. The number of carbonyl (C=O) groups excluding carboxylic acids is 2. The predicted octanol–water partition coefficient (Wildman–Crippen LogP) is 6.36. The molecule has 0 spiro atoms. The molecule has 0 fully saturated rings. The molecule has 4 nitrogen and oxygen atoms in total. The summed E-state index contributed by atoms with van der Waals surface area (Å²) in [7, 11) is 0. The fourth-order valence-corrected chi connectivity index (χ4v) is 3.82. The average molecular weight is 454 g/mol. The van der Waals surface area contributed by atoms with Crippen LogP contribution in [0, 0.1) is 0 Å². The molecule has 0 aliphatic carbocycles. The summed E-state index contributed by atoms with van der Waals surface area (Å²) in [6, 6.07) is 6.50. The molecular formula is C17H10Cl5NO3. The van der Waals surface area contributed by atoms with Gasteiger partial charge in [0.25, 0.3) is 11.8 Å². The normalized spacial score (nSPS) is 14.0. The fourth-order valence-electron chi connectivity index (χ4n) is 2.67. The van der Waals surface area contributed by atoms with Crippen LogP contribution in [0.2, 0.25) is 25.1 Å². The zero-order valence-corrected chi connectivity index (χ0v) is 17.2. The van der Waals surface area contributed by atoms with Crippen LogP contribution in [0.5, 0.6) is 5.75 Å². The van der Waals surface area contributed by atoms with Crippen LogP contribution in [0.15, 0.2) is 24.3 Å². The molecule has 0 atom stereocenters. The Bertz CT molecular complexity index is 894. The van der Waals surface area contributed by atoms with Crippen molar-refractivity contribution in [1.82, 2.24) is 4.90 Å². The Morgan fingerprint density at radius 2 is 1.19 bits per heavy atom. The first kappa shape index (κ1) is 19.6. The second-order valence-corrected chi connectivity index (χ2v) is 7.90. The summed E-state index contributed by atoms with van der Waals surface area (Å²) in [6.07, 6.45) is 0. The summed E-state index contributed by atoms with van der Waals surface area (Å²) >= 11 is 30.2. The first-order chi connectivity index (χ1) is 12.1. The standard InChI is InChI=1S/C17H10Cl5NO3/c1-17(2,26-8-5-3-7(18)4-6-8)23-15(24)9-10(16(23)25)12(20)14(22)13(21)11(9)19/h3-6H,1-2H3. The third kappa shape index (κ3) is 3.04. The smallest absolute Gasteiger partial charge is 0.266 e. The van der Waals surface area contributed by atoms with E-state index in [1.807, 2.05) is 0 Å². The molecular weight excluding hydrogens is 443 g/mol. The lowest BCUT2D eigenvalue weighted by Gasteiger charge is -2.34. The summed E-state index contributed by atoms with van der Waals surface area (Å²) in [5, 5.41) is 0.102. The first-order valence-electron chi connectivity index (χ1n) is 7.25. The van der Waals surface area contributed by atoms with Crippen molar-refractivity contribution in [3.63, 3.8) is 0 Å². The van der Waals surface area contributed by atoms with Crippen molar-refractivity contribution in [3.05, 3.63) is 60.5 Å². The van der Waals surface area contributed by atoms with E-state index < -0.39 is 17.5 Å². The number of benzene rings is 2. The highest BCUT2D eigenvalue weighted by Gasteiger charge is 2.49. The van der Waals surface area contributed by atoms with Gasteiger partial charge in [-0.15, -0.1) is 0 Å². The van der Waals surface area contributed by atoms with E-state index in [4.69, 9.17) is 62.7 Å². The van der Waals surface area contributed by atoms with Gasteiger partial charge in [0.1, 0.15) is 5.75 Å². The lowest BCUT2D eigenvalue weighted by molar-refractivity contribution is -0.0232. The summed E-state index contributed by atoms with van der Waals surface area (Å²) in [5.74, 6) is -0.923. The number of ether oxygens (including phenoxy) is 1. The van der Waals surface area contributed by atoms with Gasteiger partial charge in [-0.25, -0.2) is 4.90 Å². The molecule has 2 aromatic carbocycles. The number of amides is 2. The van der Waals surface area contributed by atoms with Gasteiger partial charge in [0.15, 0.2) is 5.72 Å². The van der Waals surface area contributed by atoms with Gasteiger partial charge < -0.3 is 4.74 Å². The maximum atomic E-state index is 12.9. The third-order valence-corrected chi connectivity index (χ3v) is 5.87. The van der Waals surface area contributed by atoms with E-state index in [0.717, 1.165) is 4.90 Å². The Hall–Kier alpha value is -1.17. The van der Waals surface area contributed by atoms with Gasteiger partial charge in [-0.05, 0) is 38.1 Å². The number of halogens is 5. The largest absolute Gasteiger partial charge is 0.468 e. The van der Waals surface area contributed by atoms with Crippen molar-refractivity contribution in [2.24, 2.45) is 0 Å². The molecule has 1 aliphatic heterocycles. The van der Waals surface area contributed by atoms with E-state index in [2.05, 4.69) is 0 Å². The summed E-state index contributed by atoms with van der Waals surface area (Å²) in [5.41, 5.74) is -1.53. The SMILES string of the molecule is CC(C)(Oc1ccc(Cl)cc1)N1C(=O)c2c(Cl)c(Cl)c(Cl)c(Cl)c2C1=O. The van der Waals surface area contributed by atoms with Crippen molar-refractivity contribution in [2.45, 2.75) is 19.6 Å². The van der Waals surface area contributed by atoms with E-state index in [1.54, 1.807) is 38.1 Å². The molecule has 9 heteroatoms. The van der Waals surface area contributed by atoms with Crippen molar-refractivity contribution in [2.75, 3.05) is 0 Å². The minimum Gasteiger partial charge on any atom is -0.468 e. The summed E-state index contributed by atoms with van der Waals surface area (Å²) in [6.45, 7) is 3.13. The molecule has 1 heterocycles. The van der Waals surface area contributed by atoms with E-state index >= 15 is 0 Å². The van der Waals surface area contributed by atoms with Crippen molar-refractivity contribution in [3.8, 4) is 5.75 Å². The first-order valence-corrected chi connectivity index (χ1v) is 9.14. The Morgan fingerprint density at radius 1 is 0.769 bits per heavy atom. The second-order valence-electron chi connectivity index (χ2n) is 5.95. The lowest BCUT2D eigenvalue weighted by Crippen LogP contribution is -2.51. The Balaban J connectivity index is 2.05. The number of imide groups is 1. The number of hydrogen-bond acceptors (Lipinski definition) is 3. The molecule has 0 unspecified atom stereocenters. The Labute approximate surface area is 174 Å². The van der Waals surface area contributed by atoms with Gasteiger partial charge in [-0.1, -0.05) is 58.0 Å². The van der Waals surface area contributed by atoms with E-state index in [9.17, 15) is 9.59 Å². The molecule has 0 bridgehead atoms. The monoisotopic (exact) mass is 451 g/mol. The van der Waals surface area contributed by atoms with Crippen LogP contribution in [0.1, 0.15) is 34.6 Å². The molecule has 26 heavy (non-hydrogen) atoms. The van der Waals surface area contributed by atoms with E-state index in [1.165, 1.54) is 0 Å². The van der Waals surface area contributed by atoms with Crippen molar-refractivity contribution in [1.29, 1.82) is 0 Å². The molecule has 1 aliphatic rings. The van der Waals surface area contributed by atoms with Crippen LogP contribution < -0.4 is 4.74 Å². The second kappa shape index (κ2) is 6.77. The Kier molecular flexibility index (Phi) is 5.10. The maximum Gasteiger partial charge on any atom is 0.266 e. The highest BCUT2D eigenvalue weighted by atomic mass is 35.5. The number of hydrogen-bond donors (Lipinski definition) is 0. The van der Waals surface area contributed by atoms with Gasteiger partial charge in [-0.2, -0.15) is 0 Å². The maximum absolute atomic E-state index is 12.9. The molecule has 2 amide bonds. The third-order valence-electron chi connectivity index (χ3n) is 3.82. The van der Waals surface area contributed by atoms with E-state index in [0.29, 0.717) is 10.8 Å².